The van der Waals surface area contributed by atoms with Gasteiger partial charge >= 0.3 is 21.5 Å². The smallest absolute Gasteiger partial charge is 0.375 e. The molecule has 0 spiro atoms. The molecular weight excluding hydrogens is 354 g/mol. The van der Waals surface area contributed by atoms with E-state index in [9.17, 15) is 34.8 Å². The Kier molecular flexibility index (Phi) is 5.70. The highest BCUT2D eigenvalue weighted by atomic mass is 32.2. The fourth-order valence-electron chi connectivity index (χ4n) is 2.68. The molecule has 1 saturated carbocycles. The van der Waals surface area contributed by atoms with Crippen LogP contribution in [0.2, 0.25) is 0 Å². The van der Waals surface area contributed by atoms with E-state index in [0.717, 1.165) is 12.8 Å². The summed E-state index contributed by atoms with van der Waals surface area (Å²) in [5.74, 6) is 0. The van der Waals surface area contributed by atoms with E-state index in [2.05, 4.69) is 0 Å². The molecule has 1 aliphatic carbocycles. The first-order valence-electron chi connectivity index (χ1n) is 6.97. The third kappa shape index (κ3) is 3.76. The van der Waals surface area contributed by atoms with Crippen molar-refractivity contribution in [2.24, 2.45) is 0 Å². The molecular formula is C12H18F6O4S. The standard InChI is InChI=1S/C12H18F6O4S/c1-2-9(5-3-4-6-9)22-8-7-10(13,11(14,15)16)12(17,18)23(19,20)21/h2-8H2,1H3,(H,19,20,21). The van der Waals surface area contributed by atoms with Crippen molar-refractivity contribution in [2.45, 2.75) is 68.1 Å². The van der Waals surface area contributed by atoms with Crippen LogP contribution in [0.15, 0.2) is 0 Å². The SMILES string of the molecule is CCC1(OCCC(F)(C(F)(F)F)C(F)(F)S(=O)(=O)O)CCCC1. The second-order valence-electron chi connectivity index (χ2n) is 5.63. The summed E-state index contributed by atoms with van der Waals surface area (Å²) in [5.41, 5.74) is -6.25. The van der Waals surface area contributed by atoms with Crippen molar-refractivity contribution in [3.05, 3.63) is 0 Å². The third-order valence-electron chi connectivity index (χ3n) is 4.25. The van der Waals surface area contributed by atoms with Gasteiger partial charge in [-0.3, -0.25) is 4.55 Å². The number of ether oxygens (including phenoxy) is 1. The van der Waals surface area contributed by atoms with Crippen LogP contribution in [0.5, 0.6) is 0 Å². The van der Waals surface area contributed by atoms with Crippen molar-refractivity contribution in [1.29, 1.82) is 0 Å². The summed E-state index contributed by atoms with van der Waals surface area (Å²) in [7, 11) is -6.60. The lowest BCUT2D eigenvalue weighted by Crippen LogP contribution is -2.59. The van der Waals surface area contributed by atoms with E-state index in [0.29, 0.717) is 19.3 Å². The number of rotatable bonds is 7. The van der Waals surface area contributed by atoms with Crippen LogP contribution in [0.1, 0.15) is 45.4 Å². The monoisotopic (exact) mass is 372 g/mol. The summed E-state index contributed by atoms with van der Waals surface area (Å²) in [6, 6.07) is 0. The zero-order valence-electron chi connectivity index (χ0n) is 12.3. The lowest BCUT2D eigenvalue weighted by Gasteiger charge is -2.34. The first kappa shape index (κ1) is 20.5. The van der Waals surface area contributed by atoms with E-state index in [1.165, 1.54) is 0 Å². The van der Waals surface area contributed by atoms with E-state index in [-0.39, 0.29) is 0 Å². The quantitative estimate of drug-likeness (QED) is 0.544. The summed E-state index contributed by atoms with van der Waals surface area (Å²) in [6.45, 7) is 0.652. The van der Waals surface area contributed by atoms with Gasteiger partial charge in [0.2, 0.25) is 0 Å². The van der Waals surface area contributed by atoms with Crippen LogP contribution in [0, 0.1) is 0 Å². The second-order valence-corrected chi connectivity index (χ2v) is 7.10. The van der Waals surface area contributed by atoms with Gasteiger partial charge in [0.25, 0.3) is 5.67 Å². The van der Waals surface area contributed by atoms with Gasteiger partial charge in [0.1, 0.15) is 0 Å². The van der Waals surface area contributed by atoms with Gasteiger partial charge < -0.3 is 4.74 Å². The Morgan fingerprint density at radius 1 is 1.09 bits per heavy atom. The molecule has 1 N–H and O–H groups in total. The normalized spacial score (nSPS) is 22.1. The fourth-order valence-corrected chi connectivity index (χ4v) is 3.31. The highest BCUT2D eigenvalue weighted by Crippen LogP contribution is 2.50. The zero-order chi connectivity index (χ0) is 18.2. The third-order valence-corrected chi connectivity index (χ3v) is 5.22. The zero-order valence-corrected chi connectivity index (χ0v) is 13.1. The molecule has 1 rings (SSSR count). The predicted octanol–water partition coefficient (Wildman–Crippen LogP) is 3.87. The maximum absolute atomic E-state index is 14.0. The lowest BCUT2D eigenvalue weighted by molar-refractivity contribution is -0.286. The molecule has 0 aromatic heterocycles. The van der Waals surface area contributed by atoms with Crippen LogP contribution < -0.4 is 0 Å². The van der Waals surface area contributed by atoms with Crippen molar-refractivity contribution in [3.63, 3.8) is 0 Å². The average molecular weight is 372 g/mol. The highest BCUT2D eigenvalue weighted by molar-refractivity contribution is 7.87. The van der Waals surface area contributed by atoms with Crippen molar-refractivity contribution >= 4 is 10.1 Å². The van der Waals surface area contributed by atoms with Crippen LogP contribution in [0.4, 0.5) is 26.3 Å². The summed E-state index contributed by atoms with van der Waals surface area (Å²) in [5, 5.41) is -6.03. The lowest BCUT2D eigenvalue weighted by atomic mass is 9.98. The van der Waals surface area contributed by atoms with Crippen molar-refractivity contribution in [1.82, 2.24) is 0 Å². The Morgan fingerprint density at radius 3 is 1.91 bits per heavy atom. The molecule has 0 amide bonds. The molecule has 0 aromatic rings. The highest BCUT2D eigenvalue weighted by Gasteiger charge is 2.76. The predicted molar refractivity (Wildman–Crippen MR) is 68.4 cm³/mol. The van der Waals surface area contributed by atoms with Gasteiger partial charge in [-0.25, -0.2) is 4.39 Å². The molecule has 138 valence electrons. The van der Waals surface area contributed by atoms with Crippen molar-refractivity contribution in [2.75, 3.05) is 6.61 Å². The number of hydrogen-bond acceptors (Lipinski definition) is 3. The van der Waals surface area contributed by atoms with Crippen LogP contribution in [-0.2, 0) is 14.9 Å². The summed E-state index contributed by atoms with van der Waals surface area (Å²) >= 11 is 0. The van der Waals surface area contributed by atoms with E-state index >= 15 is 0 Å². The van der Waals surface area contributed by atoms with Crippen molar-refractivity contribution in [3.8, 4) is 0 Å². The Bertz CT molecular complexity index is 512. The van der Waals surface area contributed by atoms with Gasteiger partial charge in [-0.15, -0.1) is 0 Å². The summed E-state index contributed by atoms with van der Waals surface area (Å²) in [4.78, 5) is 0. The molecule has 0 saturated heterocycles. The minimum atomic E-state index is -6.60. The first-order valence-corrected chi connectivity index (χ1v) is 8.41. The van der Waals surface area contributed by atoms with Crippen LogP contribution in [0.3, 0.4) is 0 Å². The van der Waals surface area contributed by atoms with Gasteiger partial charge in [-0.05, 0) is 19.3 Å². The maximum Gasteiger partial charge on any atom is 0.429 e. The summed E-state index contributed by atoms with van der Waals surface area (Å²) in [6.07, 6.45) is -5.24. The molecule has 1 aliphatic rings. The van der Waals surface area contributed by atoms with Gasteiger partial charge in [-0.1, -0.05) is 19.8 Å². The molecule has 0 heterocycles. The first-order chi connectivity index (χ1) is 10.2. The van der Waals surface area contributed by atoms with E-state index in [1.54, 1.807) is 6.92 Å². The molecule has 0 radical (unpaired) electrons. The second kappa shape index (κ2) is 6.40. The average Bonchev–Trinajstić information content (AvgIpc) is 2.85. The Hall–Kier alpha value is -0.550. The maximum atomic E-state index is 14.0. The molecule has 0 bridgehead atoms. The van der Waals surface area contributed by atoms with E-state index in [1.807, 2.05) is 0 Å². The minimum absolute atomic E-state index is 0.410. The van der Waals surface area contributed by atoms with Crippen molar-refractivity contribution < 1.29 is 44.0 Å². The number of hydrogen-bond donors (Lipinski definition) is 1. The Labute approximate surface area is 129 Å². The molecule has 0 aliphatic heterocycles. The summed E-state index contributed by atoms with van der Waals surface area (Å²) < 4.78 is 113. The van der Waals surface area contributed by atoms with E-state index < -0.39 is 45.8 Å². The minimum Gasteiger partial charge on any atom is -0.375 e. The molecule has 11 heteroatoms. The van der Waals surface area contributed by atoms with Gasteiger partial charge in [0.05, 0.1) is 12.2 Å². The van der Waals surface area contributed by atoms with Gasteiger partial charge in [0.15, 0.2) is 0 Å². The van der Waals surface area contributed by atoms with Crippen LogP contribution >= 0.6 is 0 Å². The molecule has 4 nitrogen and oxygen atoms in total. The van der Waals surface area contributed by atoms with E-state index in [4.69, 9.17) is 9.29 Å². The molecule has 1 fully saturated rings. The Morgan fingerprint density at radius 2 is 1.57 bits per heavy atom. The molecule has 0 aromatic carbocycles. The van der Waals surface area contributed by atoms with Crippen LogP contribution in [-0.4, -0.2) is 42.3 Å². The van der Waals surface area contributed by atoms with Crippen LogP contribution in [0.25, 0.3) is 0 Å². The molecule has 1 unspecified atom stereocenters. The number of alkyl halides is 6. The van der Waals surface area contributed by atoms with Gasteiger partial charge in [-0.2, -0.15) is 30.4 Å². The number of halogens is 6. The topological polar surface area (TPSA) is 63.6 Å². The fraction of sp³-hybridized carbons (Fsp3) is 1.00. The Balaban J connectivity index is 2.97. The van der Waals surface area contributed by atoms with Gasteiger partial charge in [0, 0.05) is 6.42 Å². The molecule has 23 heavy (non-hydrogen) atoms. The largest absolute Gasteiger partial charge is 0.429 e. The molecule has 1 atom stereocenters.